The summed E-state index contributed by atoms with van der Waals surface area (Å²) in [5, 5.41) is 4.22. The summed E-state index contributed by atoms with van der Waals surface area (Å²) in [5.74, 6) is 0.428. The van der Waals surface area contributed by atoms with Gasteiger partial charge in [0, 0.05) is 6.54 Å². The Kier molecular flexibility index (Phi) is 2.81. The number of rotatable bonds is 5. The molecule has 0 spiro atoms. The first-order valence-electron chi connectivity index (χ1n) is 6.44. The lowest BCUT2D eigenvalue weighted by Crippen LogP contribution is -2.31. The van der Waals surface area contributed by atoms with Gasteiger partial charge in [0.1, 0.15) is 17.6 Å². The Hall–Kier alpha value is -2.17. The van der Waals surface area contributed by atoms with Gasteiger partial charge in [-0.2, -0.15) is 5.10 Å². The second-order valence-corrected chi connectivity index (χ2v) is 4.99. The van der Waals surface area contributed by atoms with Crippen LogP contribution in [0, 0.1) is 0 Å². The molecular formula is C14H16N4O. The van der Waals surface area contributed by atoms with Gasteiger partial charge in [-0.3, -0.25) is 4.79 Å². The molecule has 5 nitrogen and oxygen atoms in total. The van der Waals surface area contributed by atoms with Gasteiger partial charge >= 0.3 is 0 Å². The predicted molar refractivity (Wildman–Crippen MR) is 70.3 cm³/mol. The average Bonchev–Trinajstić information content (AvgIpc) is 3.11. The Morgan fingerprint density at radius 1 is 1.32 bits per heavy atom. The summed E-state index contributed by atoms with van der Waals surface area (Å²) in [7, 11) is 0. The van der Waals surface area contributed by atoms with Gasteiger partial charge in [0.2, 0.25) is 5.91 Å². The standard InChI is InChI=1S/C14H16N4O/c15-12(19)14(7-8-14)13-16-10-17-18(13)9-6-11-4-2-1-3-5-11/h1-5,10H,6-9H2,(H2,15,19). The number of benzene rings is 1. The summed E-state index contributed by atoms with van der Waals surface area (Å²) in [6.45, 7) is 0.717. The zero-order chi connectivity index (χ0) is 13.3. The molecule has 2 N–H and O–H groups in total. The van der Waals surface area contributed by atoms with Crippen molar-refractivity contribution in [3.05, 3.63) is 48.0 Å². The number of nitrogens with zero attached hydrogens (tertiary/aromatic N) is 3. The van der Waals surface area contributed by atoms with E-state index in [0.717, 1.165) is 25.1 Å². The first-order valence-corrected chi connectivity index (χ1v) is 6.44. The largest absolute Gasteiger partial charge is 0.369 e. The van der Waals surface area contributed by atoms with Crippen molar-refractivity contribution in [3.63, 3.8) is 0 Å². The van der Waals surface area contributed by atoms with Crippen molar-refractivity contribution in [2.75, 3.05) is 0 Å². The topological polar surface area (TPSA) is 73.8 Å². The van der Waals surface area contributed by atoms with E-state index in [0.29, 0.717) is 6.54 Å². The summed E-state index contributed by atoms with van der Waals surface area (Å²) in [6.07, 6.45) is 3.94. The van der Waals surface area contributed by atoms with Gasteiger partial charge < -0.3 is 5.73 Å². The molecule has 2 aromatic rings. The first kappa shape index (κ1) is 11.9. The molecule has 1 aromatic carbocycles. The molecule has 3 rings (SSSR count). The minimum absolute atomic E-state index is 0.290. The summed E-state index contributed by atoms with van der Waals surface area (Å²) < 4.78 is 1.81. The van der Waals surface area contributed by atoms with E-state index in [4.69, 9.17) is 5.73 Å². The van der Waals surface area contributed by atoms with E-state index in [-0.39, 0.29) is 5.91 Å². The van der Waals surface area contributed by atoms with Crippen molar-refractivity contribution in [3.8, 4) is 0 Å². The Bertz CT molecular complexity index is 587. The third kappa shape index (κ3) is 2.12. The van der Waals surface area contributed by atoms with Crippen molar-refractivity contribution >= 4 is 5.91 Å². The molecule has 1 fully saturated rings. The molecule has 19 heavy (non-hydrogen) atoms. The average molecular weight is 256 g/mol. The number of primary amides is 1. The van der Waals surface area contributed by atoms with Crippen LogP contribution in [0.4, 0.5) is 0 Å². The molecule has 5 heteroatoms. The van der Waals surface area contributed by atoms with Crippen molar-refractivity contribution in [1.29, 1.82) is 0 Å². The van der Waals surface area contributed by atoms with Crippen molar-refractivity contribution in [2.45, 2.75) is 31.2 Å². The van der Waals surface area contributed by atoms with Gasteiger partial charge in [0.15, 0.2) is 0 Å². The van der Waals surface area contributed by atoms with Crippen LogP contribution in [0.1, 0.15) is 24.2 Å². The second kappa shape index (κ2) is 4.50. The Labute approximate surface area is 111 Å². The van der Waals surface area contributed by atoms with Gasteiger partial charge in [-0.15, -0.1) is 0 Å². The van der Waals surface area contributed by atoms with Crippen LogP contribution in [0.3, 0.4) is 0 Å². The molecule has 0 bridgehead atoms. The lowest BCUT2D eigenvalue weighted by molar-refractivity contribution is -0.120. The number of hydrogen-bond donors (Lipinski definition) is 1. The fourth-order valence-electron chi connectivity index (χ4n) is 2.38. The Morgan fingerprint density at radius 3 is 2.68 bits per heavy atom. The smallest absolute Gasteiger partial charge is 0.231 e. The monoisotopic (exact) mass is 256 g/mol. The maximum absolute atomic E-state index is 11.5. The lowest BCUT2D eigenvalue weighted by Gasteiger charge is -2.12. The molecule has 0 aliphatic heterocycles. The van der Waals surface area contributed by atoms with Crippen molar-refractivity contribution < 1.29 is 4.79 Å². The highest BCUT2D eigenvalue weighted by atomic mass is 16.1. The highest BCUT2D eigenvalue weighted by molar-refractivity contribution is 5.88. The SMILES string of the molecule is NC(=O)C1(c2ncnn2CCc2ccccc2)CC1. The van der Waals surface area contributed by atoms with Crippen LogP contribution >= 0.6 is 0 Å². The number of hydrogen-bond acceptors (Lipinski definition) is 3. The van der Waals surface area contributed by atoms with Crippen LogP contribution in [0.2, 0.25) is 0 Å². The van der Waals surface area contributed by atoms with Crippen LogP contribution in [0.15, 0.2) is 36.7 Å². The summed E-state index contributed by atoms with van der Waals surface area (Å²) >= 11 is 0. The van der Waals surface area contributed by atoms with Gasteiger partial charge in [-0.05, 0) is 24.8 Å². The molecule has 1 amide bonds. The minimum atomic E-state index is -0.562. The molecule has 0 radical (unpaired) electrons. The molecule has 0 unspecified atom stereocenters. The number of aromatic nitrogens is 3. The van der Waals surface area contributed by atoms with E-state index in [1.54, 1.807) is 0 Å². The van der Waals surface area contributed by atoms with Crippen LogP contribution in [0.25, 0.3) is 0 Å². The lowest BCUT2D eigenvalue weighted by atomic mass is 10.1. The van der Waals surface area contributed by atoms with Gasteiger partial charge in [0.25, 0.3) is 0 Å². The maximum Gasteiger partial charge on any atom is 0.231 e. The third-order valence-corrected chi connectivity index (χ3v) is 3.72. The summed E-state index contributed by atoms with van der Waals surface area (Å²) in [6, 6.07) is 10.2. The van der Waals surface area contributed by atoms with Crippen LogP contribution < -0.4 is 5.73 Å². The molecule has 1 saturated carbocycles. The molecule has 0 saturated heterocycles. The number of amides is 1. The molecule has 1 aliphatic carbocycles. The molecule has 1 aliphatic rings. The summed E-state index contributed by atoms with van der Waals surface area (Å²) in [4.78, 5) is 15.8. The number of carbonyl (C=O) groups excluding carboxylic acids is 1. The van der Waals surface area contributed by atoms with E-state index in [2.05, 4.69) is 22.2 Å². The minimum Gasteiger partial charge on any atom is -0.369 e. The van der Waals surface area contributed by atoms with Crippen LogP contribution in [0.5, 0.6) is 0 Å². The highest BCUT2D eigenvalue weighted by Gasteiger charge is 2.53. The van der Waals surface area contributed by atoms with Gasteiger partial charge in [0.05, 0.1) is 0 Å². The fraction of sp³-hybridized carbons (Fsp3) is 0.357. The first-order chi connectivity index (χ1) is 9.22. The quantitative estimate of drug-likeness (QED) is 0.868. The zero-order valence-electron chi connectivity index (χ0n) is 10.6. The fourth-order valence-corrected chi connectivity index (χ4v) is 2.38. The van der Waals surface area contributed by atoms with Crippen LogP contribution in [-0.2, 0) is 23.2 Å². The number of nitrogens with two attached hydrogens (primary N) is 1. The second-order valence-electron chi connectivity index (χ2n) is 4.99. The molecule has 1 heterocycles. The van der Waals surface area contributed by atoms with E-state index >= 15 is 0 Å². The Balaban J connectivity index is 1.77. The maximum atomic E-state index is 11.5. The van der Waals surface area contributed by atoms with Gasteiger partial charge in [-0.1, -0.05) is 30.3 Å². The van der Waals surface area contributed by atoms with Crippen LogP contribution in [-0.4, -0.2) is 20.7 Å². The third-order valence-electron chi connectivity index (χ3n) is 3.72. The van der Waals surface area contributed by atoms with E-state index in [1.807, 2.05) is 22.9 Å². The van der Waals surface area contributed by atoms with E-state index < -0.39 is 5.41 Å². The molecule has 98 valence electrons. The van der Waals surface area contributed by atoms with Crippen molar-refractivity contribution in [1.82, 2.24) is 14.8 Å². The van der Waals surface area contributed by atoms with E-state index in [9.17, 15) is 4.79 Å². The Morgan fingerprint density at radius 2 is 2.05 bits per heavy atom. The predicted octanol–water partition coefficient (Wildman–Crippen LogP) is 1.04. The van der Waals surface area contributed by atoms with Crippen molar-refractivity contribution in [2.24, 2.45) is 5.73 Å². The molecular weight excluding hydrogens is 240 g/mol. The molecule has 0 atom stereocenters. The number of carbonyl (C=O) groups is 1. The number of aryl methyl sites for hydroxylation is 2. The normalized spacial score (nSPS) is 16.2. The summed E-state index contributed by atoms with van der Waals surface area (Å²) in [5.41, 5.74) is 6.16. The zero-order valence-corrected chi connectivity index (χ0v) is 10.6. The van der Waals surface area contributed by atoms with Gasteiger partial charge in [-0.25, -0.2) is 9.67 Å². The van der Waals surface area contributed by atoms with E-state index in [1.165, 1.54) is 11.9 Å². The molecule has 1 aromatic heterocycles. The highest BCUT2D eigenvalue weighted by Crippen LogP contribution is 2.46.